The van der Waals surface area contributed by atoms with Crippen LogP contribution in [-0.4, -0.2) is 29.9 Å². The number of methoxy groups -OCH3 is 1. The van der Waals surface area contributed by atoms with E-state index in [2.05, 4.69) is 10.1 Å². The SMILES string of the molecule is COCCc1nc(CC(C)N)no1. The third kappa shape index (κ3) is 3.52. The lowest BCUT2D eigenvalue weighted by molar-refractivity contribution is 0.192. The van der Waals surface area contributed by atoms with Crippen molar-refractivity contribution in [2.45, 2.75) is 25.8 Å². The summed E-state index contributed by atoms with van der Waals surface area (Å²) in [6, 6.07) is 0.0628. The molecule has 74 valence electrons. The van der Waals surface area contributed by atoms with Gasteiger partial charge in [-0.2, -0.15) is 4.98 Å². The average molecular weight is 185 g/mol. The molecule has 13 heavy (non-hydrogen) atoms. The Morgan fingerprint density at radius 1 is 1.62 bits per heavy atom. The summed E-state index contributed by atoms with van der Waals surface area (Å²) in [6.45, 7) is 2.50. The van der Waals surface area contributed by atoms with E-state index in [1.807, 2.05) is 6.92 Å². The average Bonchev–Trinajstić information content (AvgIpc) is 2.48. The maximum atomic E-state index is 5.59. The molecule has 2 N–H and O–H groups in total. The highest BCUT2D eigenvalue weighted by Crippen LogP contribution is 2.00. The van der Waals surface area contributed by atoms with Crippen LogP contribution in [-0.2, 0) is 17.6 Å². The lowest BCUT2D eigenvalue weighted by atomic mass is 10.2. The van der Waals surface area contributed by atoms with Crippen molar-refractivity contribution in [2.75, 3.05) is 13.7 Å². The molecule has 0 radical (unpaired) electrons. The Labute approximate surface area is 77.3 Å². The van der Waals surface area contributed by atoms with Crippen molar-refractivity contribution in [3.63, 3.8) is 0 Å². The molecule has 0 spiro atoms. The van der Waals surface area contributed by atoms with Crippen molar-refractivity contribution in [3.8, 4) is 0 Å². The van der Waals surface area contributed by atoms with Crippen LogP contribution < -0.4 is 5.73 Å². The van der Waals surface area contributed by atoms with Crippen LogP contribution in [0.15, 0.2) is 4.52 Å². The van der Waals surface area contributed by atoms with Crippen LogP contribution in [0.4, 0.5) is 0 Å². The molecule has 1 aromatic rings. The zero-order chi connectivity index (χ0) is 9.68. The van der Waals surface area contributed by atoms with Gasteiger partial charge in [0.15, 0.2) is 5.82 Å². The van der Waals surface area contributed by atoms with Gasteiger partial charge < -0.3 is 15.0 Å². The second kappa shape index (κ2) is 4.94. The van der Waals surface area contributed by atoms with Crippen molar-refractivity contribution in [3.05, 3.63) is 11.7 Å². The smallest absolute Gasteiger partial charge is 0.228 e. The van der Waals surface area contributed by atoms with Gasteiger partial charge in [0.05, 0.1) is 13.0 Å². The fourth-order valence-corrected chi connectivity index (χ4v) is 0.952. The summed E-state index contributed by atoms with van der Waals surface area (Å²) in [5, 5.41) is 3.79. The summed E-state index contributed by atoms with van der Waals surface area (Å²) in [4.78, 5) is 4.15. The van der Waals surface area contributed by atoms with E-state index in [4.69, 9.17) is 15.0 Å². The Kier molecular flexibility index (Phi) is 3.85. The zero-order valence-corrected chi connectivity index (χ0v) is 7.99. The molecule has 0 aliphatic carbocycles. The largest absolute Gasteiger partial charge is 0.384 e. The number of ether oxygens (including phenoxy) is 1. The van der Waals surface area contributed by atoms with Gasteiger partial charge in [0.2, 0.25) is 5.89 Å². The molecule has 0 aliphatic rings. The summed E-state index contributed by atoms with van der Waals surface area (Å²) in [6.07, 6.45) is 1.30. The minimum atomic E-state index is 0.0628. The zero-order valence-electron chi connectivity index (χ0n) is 7.99. The van der Waals surface area contributed by atoms with Crippen LogP contribution in [0.2, 0.25) is 0 Å². The second-order valence-electron chi connectivity index (χ2n) is 3.03. The normalized spacial score (nSPS) is 13.2. The lowest BCUT2D eigenvalue weighted by Crippen LogP contribution is -2.18. The second-order valence-corrected chi connectivity index (χ2v) is 3.03. The molecule has 1 unspecified atom stereocenters. The van der Waals surface area contributed by atoms with Crippen molar-refractivity contribution in [1.29, 1.82) is 0 Å². The van der Waals surface area contributed by atoms with E-state index in [-0.39, 0.29) is 6.04 Å². The van der Waals surface area contributed by atoms with Crippen LogP contribution >= 0.6 is 0 Å². The molecule has 0 bridgehead atoms. The first-order chi connectivity index (χ1) is 6.22. The minimum Gasteiger partial charge on any atom is -0.384 e. The molecule has 0 aliphatic heterocycles. The van der Waals surface area contributed by atoms with Crippen LogP contribution in [0.25, 0.3) is 0 Å². The maximum absolute atomic E-state index is 5.59. The van der Waals surface area contributed by atoms with Crippen LogP contribution in [0.5, 0.6) is 0 Å². The van der Waals surface area contributed by atoms with Crippen LogP contribution in [0, 0.1) is 0 Å². The monoisotopic (exact) mass is 185 g/mol. The number of hydrogen-bond donors (Lipinski definition) is 1. The molecule has 5 heteroatoms. The van der Waals surface area contributed by atoms with Gasteiger partial charge in [-0.15, -0.1) is 0 Å². The fourth-order valence-electron chi connectivity index (χ4n) is 0.952. The predicted molar refractivity (Wildman–Crippen MR) is 47.2 cm³/mol. The first-order valence-electron chi connectivity index (χ1n) is 4.28. The molecule has 1 atom stereocenters. The third-order valence-electron chi connectivity index (χ3n) is 1.53. The Hall–Kier alpha value is -0.940. The number of aromatic nitrogens is 2. The Balaban J connectivity index is 2.44. The van der Waals surface area contributed by atoms with Crippen molar-refractivity contribution in [1.82, 2.24) is 10.1 Å². The maximum Gasteiger partial charge on any atom is 0.228 e. The Morgan fingerprint density at radius 3 is 3.00 bits per heavy atom. The summed E-state index contributed by atoms with van der Waals surface area (Å²) >= 11 is 0. The van der Waals surface area contributed by atoms with E-state index < -0.39 is 0 Å². The van der Waals surface area contributed by atoms with Gasteiger partial charge >= 0.3 is 0 Å². The summed E-state index contributed by atoms with van der Waals surface area (Å²) in [7, 11) is 1.64. The van der Waals surface area contributed by atoms with E-state index >= 15 is 0 Å². The van der Waals surface area contributed by atoms with Gasteiger partial charge in [0, 0.05) is 19.6 Å². The lowest BCUT2D eigenvalue weighted by Gasteiger charge is -1.96. The predicted octanol–water partition coefficient (Wildman–Crippen LogP) is 0.148. The van der Waals surface area contributed by atoms with Gasteiger partial charge in [0.1, 0.15) is 0 Å². The number of hydrogen-bond acceptors (Lipinski definition) is 5. The van der Waals surface area contributed by atoms with Crippen molar-refractivity contribution >= 4 is 0 Å². The standard InChI is InChI=1S/C8H15N3O2/c1-6(9)5-7-10-8(13-11-7)3-4-12-2/h6H,3-5,9H2,1-2H3. The summed E-state index contributed by atoms with van der Waals surface area (Å²) < 4.78 is 9.85. The highest BCUT2D eigenvalue weighted by atomic mass is 16.5. The van der Waals surface area contributed by atoms with Crippen molar-refractivity contribution < 1.29 is 9.26 Å². The molecule has 0 aromatic carbocycles. The molecule has 5 nitrogen and oxygen atoms in total. The molecule has 1 rings (SSSR count). The van der Waals surface area contributed by atoms with E-state index in [0.717, 1.165) is 0 Å². The van der Waals surface area contributed by atoms with E-state index in [1.54, 1.807) is 7.11 Å². The van der Waals surface area contributed by atoms with Gasteiger partial charge in [0.25, 0.3) is 0 Å². The molecular formula is C8H15N3O2. The topological polar surface area (TPSA) is 74.2 Å². The molecular weight excluding hydrogens is 170 g/mol. The first kappa shape index (κ1) is 10.1. The fraction of sp³-hybridized carbons (Fsp3) is 0.750. The highest BCUT2D eigenvalue weighted by molar-refractivity contribution is 4.88. The molecule has 0 fully saturated rings. The minimum absolute atomic E-state index is 0.0628. The highest BCUT2D eigenvalue weighted by Gasteiger charge is 2.07. The molecule has 0 saturated carbocycles. The summed E-state index contributed by atoms with van der Waals surface area (Å²) in [5.74, 6) is 1.28. The van der Waals surface area contributed by atoms with E-state index in [9.17, 15) is 0 Å². The van der Waals surface area contributed by atoms with Crippen LogP contribution in [0.1, 0.15) is 18.6 Å². The molecule has 0 saturated heterocycles. The number of nitrogens with two attached hydrogens (primary N) is 1. The summed E-state index contributed by atoms with van der Waals surface area (Å²) in [5.41, 5.74) is 5.59. The van der Waals surface area contributed by atoms with E-state index in [0.29, 0.717) is 31.2 Å². The third-order valence-corrected chi connectivity index (χ3v) is 1.53. The quantitative estimate of drug-likeness (QED) is 0.706. The Bertz CT molecular complexity index is 247. The molecule has 1 heterocycles. The Morgan fingerprint density at radius 2 is 2.38 bits per heavy atom. The van der Waals surface area contributed by atoms with Crippen LogP contribution in [0.3, 0.4) is 0 Å². The first-order valence-corrected chi connectivity index (χ1v) is 4.28. The van der Waals surface area contributed by atoms with Gasteiger partial charge in [-0.1, -0.05) is 5.16 Å². The van der Waals surface area contributed by atoms with Gasteiger partial charge in [-0.3, -0.25) is 0 Å². The van der Waals surface area contributed by atoms with Gasteiger partial charge in [-0.25, -0.2) is 0 Å². The number of nitrogens with zero attached hydrogens (tertiary/aromatic N) is 2. The number of rotatable bonds is 5. The molecule has 0 amide bonds. The van der Waals surface area contributed by atoms with E-state index in [1.165, 1.54) is 0 Å². The molecule has 1 aromatic heterocycles. The van der Waals surface area contributed by atoms with Gasteiger partial charge in [-0.05, 0) is 6.92 Å². The van der Waals surface area contributed by atoms with Crippen molar-refractivity contribution in [2.24, 2.45) is 5.73 Å².